The standard InChI is InChI=1S/C16H23FO2/c1-4-11-19-15-10-6-8-13(16(15)17)7-5-9-14(18)12(2)3/h6,8,10,12H,4-5,7,9,11H2,1-3H3. The molecule has 0 aliphatic carbocycles. The Hall–Kier alpha value is -1.38. The van der Waals surface area contributed by atoms with E-state index < -0.39 is 0 Å². The van der Waals surface area contributed by atoms with Crippen LogP contribution >= 0.6 is 0 Å². The molecule has 0 N–H and O–H groups in total. The van der Waals surface area contributed by atoms with Gasteiger partial charge in [0.05, 0.1) is 6.61 Å². The number of ketones is 1. The molecule has 0 fully saturated rings. The first-order valence-electron chi connectivity index (χ1n) is 6.99. The maximum absolute atomic E-state index is 14.1. The first-order chi connectivity index (χ1) is 9.06. The van der Waals surface area contributed by atoms with Gasteiger partial charge in [-0.3, -0.25) is 4.79 Å². The van der Waals surface area contributed by atoms with Crippen molar-refractivity contribution in [3.8, 4) is 5.75 Å². The van der Waals surface area contributed by atoms with Gasteiger partial charge in [-0.2, -0.15) is 0 Å². The third-order valence-corrected chi connectivity index (χ3v) is 3.02. The second kappa shape index (κ2) is 7.93. The summed E-state index contributed by atoms with van der Waals surface area (Å²) in [6, 6.07) is 5.20. The van der Waals surface area contributed by atoms with Crippen molar-refractivity contribution in [3.05, 3.63) is 29.6 Å². The molecule has 0 saturated heterocycles. The van der Waals surface area contributed by atoms with Crippen molar-refractivity contribution in [1.29, 1.82) is 0 Å². The Morgan fingerprint density at radius 3 is 2.74 bits per heavy atom. The molecule has 0 saturated carbocycles. The van der Waals surface area contributed by atoms with Crippen LogP contribution in [0.3, 0.4) is 0 Å². The number of aryl methyl sites for hydroxylation is 1. The summed E-state index contributed by atoms with van der Waals surface area (Å²) >= 11 is 0. The summed E-state index contributed by atoms with van der Waals surface area (Å²) in [6.45, 7) is 6.29. The van der Waals surface area contributed by atoms with Crippen LogP contribution in [-0.2, 0) is 11.2 Å². The Morgan fingerprint density at radius 2 is 2.11 bits per heavy atom. The van der Waals surface area contributed by atoms with Gasteiger partial charge in [-0.15, -0.1) is 0 Å². The van der Waals surface area contributed by atoms with Gasteiger partial charge in [0.1, 0.15) is 5.78 Å². The maximum atomic E-state index is 14.1. The zero-order valence-corrected chi connectivity index (χ0v) is 12.0. The van der Waals surface area contributed by atoms with E-state index in [2.05, 4.69) is 0 Å². The maximum Gasteiger partial charge on any atom is 0.168 e. The molecule has 0 radical (unpaired) electrons. The van der Waals surface area contributed by atoms with E-state index >= 15 is 0 Å². The molecule has 0 aliphatic heterocycles. The lowest BCUT2D eigenvalue weighted by Crippen LogP contribution is -2.07. The summed E-state index contributed by atoms with van der Waals surface area (Å²) in [4.78, 5) is 11.5. The summed E-state index contributed by atoms with van der Waals surface area (Å²) in [5.41, 5.74) is 0.630. The molecule has 1 rings (SSSR count). The molecule has 0 heterocycles. The van der Waals surface area contributed by atoms with E-state index in [0.29, 0.717) is 37.2 Å². The van der Waals surface area contributed by atoms with Crippen LogP contribution < -0.4 is 4.74 Å². The molecule has 0 unspecified atom stereocenters. The van der Waals surface area contributed by atoms with Crippen LogP contribution in [-0.4, -0.2) is 12.4 Å². The van der Waals surface area contributed by atoms with Crippen LogP contribution in [0.4, 0.5) is 4.39 Å². The van der Waals surface area contributed by atoms with Gasteiger partial charge in [-0.25, -0.2) is 4.39 Å². The molecule has 19 heavy (non-hydrogen) atoms. The number of hydrogen-bond acceptors (Lipinski definition) is 2. The van der Waals surface area contributed by atoms with Crippen molar-refractivity contribution in [2.24, 2.45) is 5.92 Å². The lowest BCUT2D eigenvalue weighted by molar-refractivity contribution is -0.121. The predicted molar refractivity (Wildman–Crippen MR) is 75.0 cm³/mol. The first kappa shape index (κ1) is 15.7. The molecule has 1 aromatic rings. The fourth-order valence-corrected chi connectivity index (χ4v) is 1.81. The smallest absolute Gasteiger partial charge is 0.168 e. The van der Waals surface area contributed by atoms with Crippen LogP contribution in [0.1, 0.15) is 45.6 Å². The van der Waals surface area contributed by atoms with Gasteiger partial charge in [0, 0.05) is 12.3 Å². The molecule has 0 spiro atoms. The van der Waals surface area contributed by atoms with Crippen molar-refractivity contribution in [2.75, 3.05) is 6.61 Å². The second-order valence-electron chi connectivity index (χ2n) is 5.05. The van der Waals surface area contributed by atoms with Gasteiger partial charge in [-0.1, -0.05) is 32.9 Å². The monoisotopic (exact) mass is 266 g/mol. The van der Waals surface area contributed by atoms with Gasteiger partial charge < -0.3 is 4.74 Å². The van der Waals surface area contributed by atoms with E-state index in [-0.39, 0.29) is 17.5 Å². The number of ether oxygens (including phenoxy) is 1. The molecule has 106 valence electrons. The summed E-state index contributed by atoms with van der Waals surface area (Å²) in [7, 11) is 0. The van der Waals surface area contributed by atoms with Crippen molar-refractivity contribution in [2.45, 2.75) is 46.5 Å². The highest BCUT2D eigenvalue weighted by Gasteiger charge is 2.11. The van der Waals surface area contributed by atoms with Gasteiger partial charge in [0.15, 0.2) is 11.6 Å². The summed E-state index contributed by atoms with van der Waals surface area (Å²) in [5.74, 6) is 0.324. The van der Waals surface area contributed by atoms with Crippen LogP contribution in [0.2, 0.25) is 0 Å². The fraction of sp³-hybridized carbons (Fsp3) is 0.562. The number of rotatable bonds is 8. The molecule has 0 atom stereocenters. The molecule has 0 aromatic heterocycles. The second-order valence-corrected chi connectivity index (χ2v) is 5.05. The number of benzene rings is 1. The minimum atomic E-state index is -0.284. The summed E-state index contributed by atoms with van der Waals surface area (Å²) in [6.07, 6.45) is 2.63. The first-order valence-corrected chi connectivity index (χ1v) is 6.99. The average molecular weight is 266 g/mol. The van der Waals surface area contributed by atoms with Crippen LogP contribution in [0.25, 0.3) is 0 Å². The molecule has 1 aromatic carbocycles. The molecule has 3 heteroatoms. The Bertz CT molecular complexity index is 413. The van der Waals surface area contributed by atoms with Crippen LogP contribution in [0.15, 0.2) is 18.2 Å². The zero-order valence-electron chi connectivity index (χ0n) is 12.0. The molecule has 0 amide bonds. The van der Waals surface area contributed by atoms with Crippen molar-refractivity contribution in [3.63, 3.8) is 0 Å². The van der Waals surface area contributed by atoms with E-state index in [1.807, 2.05) is 20.8 Å². The van der Waals surface area contributed by atoms with Gasteiger partial charge >= 0.3 is 0 Å². The third kappa shape index (κ3) is 5.01. The molecular weight excluding hydrogens is 243 g/mol. The van der Waals surface area contributed by atoms with Gasteiger partial charge in [0.2, 0.25) is 0 Å². The Labute approximate surface area is 115 Å². The Morgan fingerprint density at radius 1 is 1.37 bits per heavy atom. The number of carbonyl (C=O) groups is 1. The molecular formula is C16H23FO2. The molecule has 2 nitrogen and oxygen atoms in total. The zero-order chi connectivity index (χ0) is 14.3. The number of carbonyl (C=O) groups excluding carboxylic acids is 1. The SMILES string of the molecule is CCCOc1cccc(CCCC(=O)C(C)C)c1F. The highest BCUT2D eigenvalue weighted by molar-refractivity contribution is 5.80. The summed E-state index contributed by atoms with van der Waals surface area (Å²) < 4.78 is 19.4. The van der Waals surface area contributed by atoms with Crippen molar-refractivity contribution < 1.29 is 13.9 Å². The van der Waals surface area contributed by atoms with Gasteiger partial charge in [-0.05, 0) is 30.9 Å². The summed E-state index contributed by atoms with van der Waals surface area (Å²) in [5, 5.41) is 0. The highest BCUT2D eigenvalue weighted by Crippen LogP contribution is 2.22. The lowest BCUT2D eigenvalue weighted by Gasteiger charge is -2.09. The van der Waals surface area contributed by atoms with E-state index in [1.54, 1.807) is 18.2 Å². The fourth-order valence-electron chi connectivity index (χ4n) is 1.81. The predicted octanol–water partition coefficient (Wildman–Crippen LogP) is 4.16. The molecule has 0 aliphatic rings. The van der Waals surface area contributed by atoms with Crippen molar-refractivity contribution >= 4 is 5.78 Å². The van der Waals surface area contributed by atoms with Crippen LogP contribution in [0.5, 0.6) is 5.75 Å². The Balaban J connectivity index is 2.56. The van der Waals surface area contributed by atoms with E-state index in [9.17, 15) is 9.18 Å². The quantitative estimate of drug-likeness (QED) is 0.706. The van der Waals surface area contributed by atoms with E-state index in [1.165, 1.54) is 0 Å². The van der Waals surface area contributed by atoms with Crippen molar-refractivity contribution in [1.82, 2.24) is 0 Å². The van der Waals surface area contributed by atoms with E-state index in [4.69, 9.17) is 4.74 Å². The number of Topliss-reactive ketones (excluding diaryl/α,β-unsaturated/α-hetero) is 1. The van der Waals surface area contributed by atoms with Crippen LogP contribution in [0, 0.1) is 11.7 Å². The lowest BCUT2D eigenvalue weighted by atomic mass is 10.0. The van der Waals surface area contributed by atoms with Gasteiger partial charge in [0.25, 0.3) is 0 Å². The van der Waals surface area contributed by atoms with E-state index in [0.717, 1.165) is 6.42 Å². The highest BCUT2D eigenvalue weighted by atomic mass is 19.1. The third-order valence-electron chi connectivity index (χ3n) is 3.02. The largest absolute Gasteiger partial charge is 0.491 e. The minimum Gasteiger partial charge on any atom is -0.491 e. The molecule has 0 bridgehead atoms. The minimum absolute atomic E-state index is 0.0593. The number of halogens is 1. The number of hydrogen-bond donors (Lipinski definition) is 0. The topological polar surface area (TPSA) is 26.3 Å². The normalized spacial score (nSPS) is 10.8. The Kier molecular flexibility index (Phi) is 6.54. The average Bonchev–Trinajstić information content (AvgIpc) is 2.39.